The van der Waals surface area contributed by atoms with E-state index in [0.717, 1.165) is 35.8 Å². The van der Waals surface area contributed by atoms with E-state index >= 15 is 0 Å². The van der Waals surface area contributed by atoms with Gasteiger partial charge in [0.25, 0.3) is 0 Å². The van der Waals surface area contributed by atoms with Crippen molar-refractivity contribution in [2.24, 2.45) is 0 Å². The van der Waals surface area contributed by atoms with Crippen molar-refractivity contribution in [2.45, 2.75) is 13.0 Å². The number of halogens is 1. The molecule has 3 heteroatoms. The quantitative estimate of drug-likeness (QED) is 0.640. The fourth-order valence-electron chi connectivity index (χ4n) is 1.85. The zero-order chi connectivity index (χ0) is 12.8. The summed E-state index contributed by atoms with van der Waals surface area (Å²) in [6.07, 6.45) is 0.968. The maximum atomic E-state index is 6.08. The Labute approximate surface area is 113 Å². The molecule has 0 saturated carbocycles. The first-order chi connectivity index (χ1) is 8.75. The Balaban J connectivity index is 1.78. The maximum Gasteiger partial charge on any atom is 0.0450 e. The van der Waals surface area contributed by atoms with Crippen molar-refractivity contribution in [3.05, 3.63) is 64.7 Å². The number of anilines is 1. The number of hydrogen-bond donors (Lipinski definition) is 2. The molecule has 0 heterocycles. The van der Waals surface area contributed by atoms with Crippen molar-refractivity contribution >= 4 is 17.3 Å². The molecule has 0 aliphatic rings. The zero-order valence-corrected chi connectivity index (χ0v) is 11.0. The summed E-state index contributed by atoms with van der Waals surface area (Å²) in [4.78, 5) is 0. The van der Waals surface area contributed by atoms with E-state index < -0.39 is 0 Å². The summed E-state index contributed by atoms with van der Waals surface area (Å²) in [5, 5.41) is 4.20. The molecule has 2 rings (SSSR count). The first-order valence-electron chi connectivity index (χ1n) is 6.04. The van der Waals surface area contributed by atoms with Crippen LogP contribution in [0.3, 0.4) is 0 Å². The molecule has 0 aliphatic heterocycles. The SMILES string of the molecule is Nc1cccc(CCNCc2ccccc2Cl)c1. The van der Waals surface area contributed by atoms with Crippen LogP contribution in [0.4, 0.5) is 5.69 Å². The lowest BCUT2D eigenvalue weighted by molar-refractivity contribution is 0.687. The lowest BCUT2D eigenvalue weighted by Gasteiger charge is -2.07. The molecular formula is C15H17ClN2. The number of nitrogens with one attached hydrogen (secondary N) is 1. The second-order valence-electron chi connectivity index (χ2n) is 4.26. The minimum atomic E-state index is 0.794. The van der Waals surface area contributed by atoms with E-state index in [1.807, 2.05) is 42.5 Å². The molecule has 2 nitrogen and oxygen atoms in total. The van der Waals surface area contributed by atoms with Crippen molar-refractivity contribution < 1.29 is 0 Å². The highest BCUT2D eigenvalue weighted by atomic mass is 35.5. The molecule has 0 atom stereocenters. The molecule has 0 spiro atoms. The third kappa shape index (κ3) is 3.76. The highest BCUT2D eigenvalue weighted by molar-refractivity contribution is 6.31. The number of nitrogen functional groups attached to an aromatic ring is 1. The molecule has 0 bridgehead atoms. The van der Waals surface area contributed by atoms with E-state index in [1.54, 1.807) is 0 Å². The Kier molecular flexibility index (Phi) is 4.62. The normalized spacial score (nSPS) is 10.5. The molecule has 0 radical (unpaired) electrons. The predicted molar refractivity (Wildman–Crippen MR) is 77.7 cm³/mol. The second kappa shape index (κ2) is 6.43. The highest BCUT2D eigenvalue weighted by Gasteiger charge is 1.98. The molecule has 0 fully saturated rings. The Morgan fingerprint density at radius 2 is 1.89 bits per heavy atom. The van der Waals surface area contributed by atoms with Crippen LogP contribution in [-0.2, 0) is 13.0 Å². The van der Waals surface area contributed by atoms with Crippen LogP contribution in [0, 0.1) is 0 Å². The van der Waals surface area contributed by atoms with Gasteiger partial charge in [0.15, 0.2) is 0 Å². The standard InChI is InChI=1S/C15H17ClN2/c16-15-7-2-1-5-13(15)11-18-9-8-12-4-3-6-14(17)10-12/h1-7,10,18H,8-9,11,17H2. The van der Waals surface area contributed by atoms with E-state index in [2.05, 4.69) is 11.4 Å². The molecule has 0 aliphatic carbocycles. The highest BCUT2D eigenvalue weighted by Crippen LogP contribution is 2.14. The van der Waals surface area contributed by atoms with Crippen LogP contribution >= 0.6 is 11.6 Å². The van der Waals surface area contributed by atoms with Crippen molar-refractivity contribution in [3.8, 4) is 0 Å². The van der Waals surface area contributed by atoms with Gasteiger partial charge >= 0.3 is 0 Å². The molecule has 0 unspecified atom stereocenters. The monoisotopic (exact) mass is 260 g/mol. The largest absolute Gasteiger partial charge is 0.399 e. The van der Waals surface area contributed by atoms with E-state index in [-0.39, 0.29) is 0 Å². The third-order valence-corrected chi connectivity index (χ3v) is 3.18. The summed E-state index contributed by atoms with van der Waals surface area (Å²) in [6.45, 7) is 1.71. The van der Waals surface area contributed by atoms with E-state index in [9.17, 15) is 0 Å². The van der Waals surface area contributed by atoms with Gasteiger partial charge in [-0.15, -0.1) is 0 Å². The molecular weight excluding hydrogens is 244 g/mol. The average molecular weight is 261 g/mol. The Hall–Kier alpha value is -1.51. The summed E-state index contributed by atoms with van der Waals surface area (Å²) >= 11 is 6.08. The summed E-state index contributed by atoms with van der Waals surface area (Å²) in [7, 11) is 0. The molecule has 0 amide bonds. The van der Waals surface area contributed by atoms with Crippen molar-refractivity contribution in [1.82, 2.24) is 5.32 Å². The minimum absolute atomic E-state index is 0.794. The van der Waals surface area contributed by atoms with Gasteiger partial charge in [-0.05, 0) is 42.3 Å². The predicted octanol–water partition coefficient (Wildman–Crippen LogP) is 3.25. The van der Waals surface area contributed by atoms with Crippen LogP contribution in [-0.4, -0.2) is 6.54 Å². The fraction of sp³-hybridized carbons (Fsp3) is 0.200. The minimum Gasteiger partial charge on any atom is -0.399 e. The van der Waals surface area contributed by atoms with E-state index in [0.29, 0.717) is 0 Å². The summed E-state index contributed by atoms with van der Waals surface area (Å²) < 4.78 is 0. The fourth-order valence-corrected chi connectivity index (χ4v) is 2.05. The van der Waals surface area contributed by atoms with Gasteiger partial charge in [0.05, 0.1) is 0 Å². The smallest absolute Gasteiger partial charge is 0.0450 e. The lowest BCUT2D eigenvalue weighted by atomic mass is 10.1. The summed E-state index contributed by atoms with van der Waals surface area (Å²) in [5.74, 6) is 0. The van der Waals surface area contributed by atoms with Crippen LogP contribution in [0.2, 0.25) is 5.02 Å². The number of benzene rings is 2. The molecule has 94 valence electrons. The number of hydrogen-bond acceptors (Lipinski definition) is 2. The zero-order valence-electron chi connectivity index (χ0n) is 10.2. The van der Waals surface area contributed by atoms with Crippen LogP contribution in [0.5, 0.6) is 0 Å². The average Bonchev–Trinajstić information content (AvgIpc) is 2.37. The molecule has 2 aromatic carbocycles. The van der Waals surface area contributed by atoms with Gasteiger partial charge in [0, 0.05) is 17.3 Å². The number of rotatable bonds is 5. The third-order valence-electron chi connectivity index (χ3n) is 2.81. The van der Waals surface area contributed by atoms with Crippen LogP contribution in [0.25, 0.3) is 0 Å². The van der Waals surface area contributed by atoms with Gasteiger partial charge in [0.1, 0.15) is 0 Å². The van der Waals surface area contributed by atoms with Crippen LogP contribution in [0.15, 0.2) is 48.5 Å². The van der Waals surface area contributed by atoms with Gasteiger partial charge in [-0.2, -0.15) is 0 Å². The maximum absolute atomic E-state index is 6.08. The second-order valence-corrected chi connectivity index (χ2v) is 4.67. The summed E-state index contributed by atoms with van der Waals surface area (Å²) in [5.41, 5.74) is 8.94. The molecule has 3 N–H and O–H groups in total. The lowest BCUT2D eigenvalue weighted by Crippen LogP contribution is -2.16. The van der Waals surface area contributed by atoms with Gasteiger partial charge in [-0.3, -0.25) is 0 Å². The van der Waals surface area contributed by atoms with Gasteiger partial charge in [0.2, 0.25) is 0 Å². The van der Waals surface area contributed by atoms with Crippen molar-refractivity contribution in [1.29, 1.82) is 0 Å². The molecule has 0 saturated heterocycles. The Morgan fingerprint density at radius 3 is 2.67 bits per heavy atom. The van der Waals surface area contributed by atoms with Crippen LogP contribution in [0.1, 0.15) is 11.1 Å². The number of nitrogens with two attached hydrogens (primary N) is 1. The molecule has 2 aromatic rings. The van der Waals surface area contributed by atoms with Crippen LogP contribution < -0.4 is 11.1 Å². The Bertz CT molecular complexity index is 511. The van der Waals surface area contributed by atoms with Crippen molar-refractivity contribution in [3.63, 3.8) is 0 Å². The Morgan fingerprint density at radius 1 is 1.06 bits per heavy atom. The van der Waals surface area contributed by atoms with E-state index in [1.165, 1.54) is 5.56 Å². The first-order valence-corrected chi connectivity index (χ1v) is 6.42. The van der Waals surface area contributed by atoms with Gasteiger partial charge in [-0.1, -0.05) is 41.9 Å². The molecule has 0 aromatic heterocycles. The van der Waals surface area contributed by atoms with E-state index in [4.69, 9.17) is 17.3 Å². The first kappa shape index (κ1) is 12.9. The topological polar surface area (TPSA) is 38.0 Å². The van der Waals surface area contributed by atoms with Gasteiger partial charge < -0.3 is 11.1 Å². The van der Waals surface area contributed by atoms with Gasteiger partial charge in [-0.25, -0.2) is 0 Å². The summed E-state index contributed by atoms with van der Waals surface area (Å²) in [6, 6.07) is 15.9. The van der Waals surface area contributed by atoms with Crippen molar-refractivity contribution in [2.75, 3.05) is 12.3 Å². The molecule has 18 heavy (non-hydrogen) atoms.